The lowest BCUT2D eigenvalue weighted by molar-refractivity contribution is 0.0763. The minimum Gasteiger partial charge on any atom is -0.497 e. The first-order valence-electron chi connectivity index (χ1n) is 9.43. The zero-order valence-electron chi connectivity index (χ0n) is 16.4. The van der Waals surface area contributed by atoms with Gasteiger partial charge in [0.05, 0.1) is 20.3 Å². The van der Waals surface area contributed by atoms with Crippen LogP contribution in [0.5, 0.6) is 17.2 Å². The van der Waals surface area contributed by atoms with E-state index >= 15 is 0 Å². The van der Waals surface area contributed by atoms with E-state index in [2.05, 4.69) is 0 Å². The van der Waals surface area contributed by atoms with Gasteiger partial charge in [0.25, 0.3) is 0 Å². The number of hydrogen-bond acceptors (Lipinski definition) is 5. The van der Waals surface area contributed by atoms with Gasteiger partial charge in [-0.15, -0.1) is 0 Å². The monoisotopic (exact) mass is 392 g/mol. The van der Waals surface area contributed by atoms with E-state index in [-0.39, 0.29) is 5.78 Å². The van der Waals surface area contributed by atoms with Crippen molar-refractivity contribution in [3.8, 4) is 17.2 Å². The highest BCUT2D eigenvalue weighted by Crippen LogP contribution is 2.18. The highest BCUT2D eigenvalue weighted by atomic mass is 16.5. The molecule has 3 rings (SSSR count). The Bertz CT molecular complexity index is 891. The molecule has 0 fully saturated rings. The van der Waals surface area contributed by atoms with Crippen molar-refractivity contribution in [2.24, 2.45) is 0 Å². The van der Waals surface area contributed by atoms with Crippen LogP contribution in [0.3, 0.4) is 0 Å². The summed E-state index contributed by atoms with van der Waals surface area (Å²) in [4.78, 5) is 12.4. The molecule has 0 heterocycles. The van der Waals surface area contributed by atoms with Crippen LogP contribution in [0, 0.1) is 0 Å². The van der Waals surface area contributed by atoms with Crippen LogP contribution in [-0.4, -0.2) is 39.3 Å². The first kappa shape index (κ1) is 20.4. The summed E-state index contributed by atoms with van der Waals surface area (Å²) in [6, 6.07) is 23.8. The molecule has 0 aliphatic carbocycles. The maximum absolute atomic E-state index is 12.4. The summed E-state index contributed by atoms with van der Waals surface area (Å²) in [5, 5.41) is 0. The van der Waals surface area contributed by atoms with E-state index < -0.39 is 0 Å². The summed E-state index contributed by atoms with van der Waals surface area (Å²) in [6.45, 7) is 1.78. The molecule has 0 amide bonds. The Hall–Kier alpha value is -3.31. The van der Waals surface area contributed by atoms with Crippen LogP contribution >= 0.6 is 0 Å². The summed E-state index contributed by atoms with van der Waals surface area (Å²) >= 11 is 0. The van der Waals surface area contributed by atoms with Gasteiger partial charge in [-0.05, 0) is 36.4 Å². The molecule has 0 bridgehead atoms. The summed E-state index contributed by atoms with van der Waals surface area (Å²) in [5.74, 6) is 2.20. The largest absolute Gasteiger partial charge is 0.497 e. The molecule has 3 aromatic carbocycles. The summed E-state index contributed by atoms with van der Waals surface area (Å²) in [6.07, 6.45) is 0. The minimum absolute atomic E-state index is 0.00322. The number of carbonyl (C=O) groups is 1. The van der Waals surface area contributed by atoms with Gasteiger partial charge in [-0.25, -0.2) is 0 Å². The maximum Gasteiger partial charge on any atom is 0.193 e. The van der Waals surface area contributed by atoms with Crippen molar-refractivity contribution in [3.63, 3.8) is 0 Å². The molecule has 0 radical (unpaired) electrons. The molecule has 0 aliphatic rings. The summed E-state index contributed by atoms with van der Waals surface area (Å²) in [7, 11) is 1.62. The van der Waals surface area contributed by atoms with E-state index in [4.69, 9.17) is 18.9 Å². The first-order valence-corrected chi connectivity index (χ1v) is 9.43. The normalized spacial score (nSPS) is 10.4. The van der Waals surface area contributed by atoms with Crippen LogP contribution in [0.4, 0.5) is 0 Å². The fraction of sp³-hybridized carbons (Fsp3) is 0.208. The van der Waals surface area contributed by atoms with Gasteiger partial charge < -0.3 is 18.9 Å². The summed E-state index contributed by atoms with van der Waals surface area (Å²) in [5.41, 5.74) is 1.31. The van der Waals surface area contributed by atoms with Gasteiger partial charge in [0.2, 0.25) is 0 Å². The second-order valence-electron chi connectivity index (χ2n) is 6.21. The van der Waals surface area contributed by atoms with Crippen molar-refractivity contribution in [2.45, 2.75) is 0 Å². The Balaban J connectivity index is 1.33. The average molecular weight is 392 g/mol. The molecule has 0 N–H and O–H groups in total. The van der Waals surface area contributed by atoms with Crippen LogP contribution in [0.15, 0.2) is 78.9 Å². The number of carbonyl (C=O) groups excluding carboxylic acids is 1. The van der Waals surface area contributed by atoms with Crippen molar-refractivity contribution in [2.75, 3.05) is 33.5 Å². The molecule has 0 spiro atoms. The smallest absolute Gasteiger partial charge is 0.193 e. The number of rotatable bonds is 11. The number of methoxy groups -OCH3 is 1. The lowest BCUT2D eigenvalue weighted by atomic mass is 10.0. The minimum atomic E-state index is -0.00322. The number of ether oxygens (including phenoxy) is 4. The molecular weight excluding hydrogens is 368 g/mol. The molecule has 0 aliphatic heterocycles. The van der Waals surface area contributed by atoms with Crippen LogP contribution in [0.1, 0.15) is 15.9 Å². The SMILES string of the molecule is COc1cccc(OCCOCCOc2ccc(C(=O)c3ccccc3)cc2)c1. The van der Waals surface area contributed by atoms with Crippen molar-refractivity contribution in [1.29, 1.82) is 0 Å². The molecule has 150 valence electrons. The Morgan fingerprint density at radius 2 is 1.28 bits per heavy atom. The van der Waals surface area contributed by atoms with Gasteiger partial charge in [-0.1, -0.05) is 36.4 Å². The Labute approximate surface area is 170 Å². The van der Waals surface area contributed by atoms with Crippen molar-refractivity contribution in [3.05, 3.63) is 90.0 Å². The lowest BCUT2D eigenvalue weighted by Crippen LogP contribution is -2.12. The Morgan fingerprint density at radius 3 is 1.97 bits per heavy atom. The third-order valence-electron chi connectivity index (χ3n) is 4.19. The van der Waals surface area contributed by atoms with E-state index in [0.717, 1.165) is 11.5 Å². The van der Waals surface area contributed by atoms with E-state index in [9.17, 15) is 4.79 Å². The van der Waals surface area contributed by atoms with Crippen molar-refractivity contribution < 1.29 is 23.7 Å². The Kier molecular flexibility index (Phi) is 7.66. The Morgan fingerprint density at radius 1 is 0.655 bits per heavy atom. The van der Waals surface area contributed by atoms with Crippen molar-refractivity contribution in [1.82, 2.24) is 0 Å². The predicted molar refractivity (Wildman–Crippen MR) is 111 cm³/mol. The fourth-order valence-electron chi connectivity index (χ4n) is 2.69. The summed E-state index contributed by atoms with van der Waals surface area (Å²) < 4.78 is 21.9. The van der Waals surface area contributed by atoms with Gasteiger partial charge in [0, 0.05) is 17.2 Å². The van der Waals surface area contributed by atoms with Gasteiger partial charge >= 0.3 is 0 Å². The topological polar surface area (TPSA) is 54.0 Å². The number of ketones is 1. The second-order valence-corrected chi connectivity index (χ2v) is 6.21. The number of hydrogen-bond donors (Lipinski definition) is 0. The molecule has 0 atom stereocenters. The molecule has 5 heteroatoms. The predicted octanol–water partition coefficient (Wildman–Crippen LogP) is 4.40. The molecule has 0 saturated heterocycles. The van der Waals surface area contributed by atoms with E-state index in [0.29, 0.717) is 43.3 Å². The standard InChI is InChI=1S/C24H24O5/c1-26-22-8-5-9-23(18-22)29-17-15-27-14-16-28-21-12-10-20(11-13-21)24(25)19-6-3-2-4-7-19/h2-13,18H,14-17H2,1H3. The quantitative estimate of drug-likeness (QED) is 0.358. The first-order chi connectivity index (χ1) is 14.3. The van der Waals surface area contributed by atoms with Crippen LogP contribution < -0.4 is 14.2 Å². The van der Waals surface area contributed by atoms with Crippen LogP contribution in [0.2, 0.25) is 0 Å². The lowest BCUT2D eigenvalue weighted by Gasteiger charge is -2.09. The zero-order valence-corrected chi connectivity index (χ0v) is 16.4. The molecule has 29 heavy (non-hydrogen) atoms. The van der Waals surface area contributed by atoms with Gasteiger partial charge in [0.15, 0.2) is 5.78 Å². The van der Waals surface area contributed by atoms with Gasteiger partial charge in [0.1, 0.15) is 30.5 Å². The maximum atomic E-state index is 12.4. The third-order valence-corrected chi connectivity index (χ3v) is 4.19. The van der Waals surface area contributed by atoms with Gasteiger partial charge in [-0.2, -0.15) is 0 Å². The molecular formula is C24H24O5. The molecule has 0 unspecified atom stereocenters. The number of benzene rings is 3. The molecule has 5 nitrogen and oxygen atoms in total. The zero-order chi connectivity index (χ0) is 20.3. The van der Waals surface area contributed by atoms with Crippen LogP contribution in [-0.2, 0) is 4.74 Å². The van der Waals surface area contributed by atoms with E-state index in [1.165, 1.54) is 0 Å². The molecule has 0 saturated carbocycles. The molecule has 3 aromatic rings. The highest BCUT2D eigenvalue weighted by molar-refractivity contribution is 6.08. The van der Waals surface area contributed by atoms with Crippen molar-refractivity contribution >= 4 is 5.78 Å². The fourth-order valence-corrected chi connectivity index (χ4v) is 2.69. The van der Waals surface area contributed by atoms with E-state index in [1.807, 2.05) is 54.6 Å². The highest BCUT2D eigenvalue weighted by Gasteiger charge is 2.08. The third kappa shape index (κ3) is 6.36. The van der Waals surface area contributed by atoms with Gasteiger partial charge in [-0.3, -0.25) is 4.79 Å². The average Bonchev–Trinajstić information content (AvgIpc) is 2.79. The second kappa shape index (κ2) is 10.9. The van der Waals surface area contributed by atoms with Crippen LogP contribution in [0.25, 0.3) is 0 Å². The molecule has 0 aromatic heterocycles. The van der Waals surface area contributed by atoms with E-state index in [1.54, 1.807) is 31.4 Å².